The Morgan fingerprint density at radius 3 is 2.76 bits per heavy atom. The fraction of sp³-hybridized carbons (Fsp3) is 0.467. The van der Waals surface area contributed by atoms with Crippen molar-refractivity contribution in [3.8, 4) is 0 Å². The fourth-order valence-corrected chi connectivity index (χ4v) is 2.61. The number of nitrogens with one attached hydrogen (secondary N) is 1. The minimum atomic E-state index is -0.392. The van der Waals surface area contributed by atoms with Gasteiger partial charge in [-0.2, -0.15) is 0 Å². The number of halogens is 2. The van der Waals surface area contributed by atoms with Crippen molar-refractivity contribution in [2.24, 2.45) is 0 Å². The molecule has 0 bridgehead atoms. The summed E-state index contributed by atoms with van der Waals surface area (Å²) in [5.74, 6) is 0.628. The molecule has 1 heterocycles. The quantitative estimate of drug-likeness (QED) is 0.841. The molecule has 0 spiro atoms. The van der Waals surface area contributed by atoms with Gasteiger partial charge in [-0.3, -0.25) is 4.79 Å². The summed E-state index contributed by atoms with van der Waals surface area (Å²) >= 11 is 12.3. The zero-order chi connectivity index (χ0) is 15.6. The summed E-state index contributed by atoms with van der Waals surface area (Å²) in [5, 5.41) is 3.22. The van der Waals surface area contributed by atoms with Gasteiger partial charge in [-0.1, -0.05) is 18.5 Å². The molecule has 1 N–H and O–H groups in total. The predicted molar refractivity (Wildman–Crippen MR) is 87.0 cm³/mol. The van der Waals surface area contributed by atoms with Crippen LogP contribution in [0.2, 0.25) is 5.02 Å². The Balaban J connectivity index is 2.51. The second kappa shape index (κ2) is 6.67. The van der Waals surface area contributed by atoms with Crippen molar-refractivity contribution < 1.29 is 4.79 Å². The lowest BCUT2D eigenvalue weighted by molar-refractivity contribution is -0.123. The number of fused-ring (bicyclic) bond motifs is 1. The Labute approximate surface area is 134 Å². The number of rotatable bonds is 5. The van der Waals surface area contributed by atoms with Crippen LogP contribution in [0.4, 0.5) is 0 Å². The van der Waals surface area contributed by atoms with E-state index < -0.39 is 6.04 Å². The summed E-state index contributed by atoms with van der Waals surface area (Å²) in [6.45, 7) is 6.36. The highest BCUT2D eigenvalue weighted by Crippen LogP contribution is 2.29. The molecular formula is C15H19Cl2N3O. The third-order valence-corrected chi connectivity index (χ3v) is 3.78. The van der Waals surface area contributed by atoms with Gasteiger partial charge in [-0.25, -0.2) is 4.98 Å². The van der Waals surface area contributed by atoms with Crippen molar-refractivity contribution in [3.63, 3.8) is 0 Å². The second-order valence-electron chi connectivity index (χ2n) is 5.06. The van der Waals surface area contributed by atoms with Crippen LogP contribution in [0.15, 0.2) is 18.2 Å². The van der Waals surface area contributed by atoms with E-state index in [1.165, 1.54) is 0 Å². The summed E-state index contributed by atoms with van der Waals surface area (Å²) < 4.78 is 1.86. The van der Waals surface area contributed by atoms with Gasteiger partial charge in [0.1, 0.15) is 11.9 Å². The first-order valence-electron chi connectivity index (χ1n) is 7.04. The zero-order valence-electron chi connectivity index (χ0n) is 12.4. The molecule has 0 aliphatic rings. The van der Waals surface area contributed by atoms with Crippen molar-refractivity contribution in [2.75, 3.05) is 6.54 Å². The number of carbonyl (C=O) groups is 1. The average molecular weight is 328 g/mol. The van der Waals surface area contributed by atoms with Gasteiger partial charge in [0.05, 0.1) is 16.4 Å². The first-order valence-corrected chi connectivity index (χ1v) is 7.86. The van der Waals surface area contributed by atoms with Crippen molar-refractivity contribution in [1.82, 2.24) is 14.9 Å². The normalized spacial score (nSPS) is 14.1. The van der Waals surface area contributed by atoms with Crippen molar-refractivity contribution in [2.45, 2.75) is 38.6 Å². The fourth-order valence-electron chi connectivity index (χ4n) is 2.29. The standard InChI is InChI=1S/C15H19Cl2N3O/c1-4-7-18-15(21)10(3)20-13-8-11(17)5-6-12(13)19-14(20)9(2)16/h5-6,8-10H,4,7H2,1-3H3,(H,18,21). The van der Waals surface area contributed by atoms with E-state index in [1.54, 1.807) is 6.07 Å². The number of alkyl halides is 1. The summed E-state index contributed by atoms with van der Waals surface area (Å²) in [5.41, 5.74) is 1.61. The smallest absolute Gasteiger partial charge is 0.242 e. The highest BCUT2D eigenvalue weighted by atomic mass is 35.5. The first kappa shape index (κ1) is 16.1. The third-order valence-electron chi connectivity index (χ3n) is 3.35. The maximum Gasteiger partial charge on any atom is 0.242 e. The number of hydrogen-bond acceptors (Lipinski definition) is 2. The Morgan fingerprint density at radius 2 is 2.14 bits per heavy atom. The van der Waals surface area contributed by atoms with Gasteiger partial charge in [-0.15, -0.1) is 11.6 Å². The molecule has 2 unspecified atom stereocenters. The minimum Gasteiger partial charge on any atom is -0.354 e. The summed E-state index contributed by atoms with van der Waals surface area (Å²) in [4.78, 5) is 16.8. The Bertz CT molecular complexity index is 652. The molecule has 0 aliphatic heterocycles. The first-order chi connectivity index (χ1) is 9.95. The maximum absolute atomic E-state index is 12.3. The zero-order valence-corrected chi connectivity index (χ0v) is 13.9. The summed E-state index contributed by atoms with van der Waals surface area (Å²) in [7, 11) is 0. The third kappa shape index (κ3) is 3.33. The van der Waals surface area contributed by atoms with Crippen LogP contribution in [0.5, 0.6) is 0 Å². The van der Waals surface area contributed by atoms with E-state index in [0.29, 0.717) is 17.4 Å². The van der Waals surface area contributed by atoms with Gasteiger partial charge in [0, 0.05) is 11.6 Å². The molecule has 2 atom stereocenters. The lowest BCUT2D eigenvalue weighted by atomic mass is 10.2. The van der Waals surface area contributed by atoms with Crippen molar-refractivity contribution >= 4 is 40.1 Å². The molecule has 21 heavy (non-hydrogen) atoms. The van der Waals surface area contributed by atoms with Gasteiger partial charge in [0.2, 0.25) is 5.91 Å². The SMILES string of the molecule is CCCNC(=O)C(C)n1c(C(C)Cl)nc2ccc(Cl)cc21. The van der Waals surface area contributed by atoms with Crippen molar-refractivity contribution in [1.29, 1.82) is 0 Å². The van der Waals surface area contributed by atoms with Gasteiger partial charge in [0.25, 0.3) is 0 Å². The van der Waals surface area contributed by atoms with Crippen LogP contribution in [-0.2, 0) is 4.79 Å². The summed E-state index contributed by atoms with van der Waals surface area (Å²) in [6, 6.07) is 5.05. The Hall–Kier alpha value is -1.26. The van der Waals surface area contributed by atoms with E-state index in [1.807, 2.05) is 37.5 Å². The highest BCUT2D eigenvalue weighted by Gasteiger charge is 2.23. The molecule has 4 nitrogen and oxygen atoms in total. The highest BCUT2D eigenvalue weighted by molar-refractivity contribution is 6.31. The molecule has 0 aliphatic carbocycles. The molecule has 0 saturated carbocycles. The van der Waals surface area contributed by atoms with E-state index in [0.717, 1.165) is 17.5 Å². The van der Waals surface area contributed by atoms with E-state index in [9.17, 15) is 4.79 Å². The van der Waals surface area contributed by atoms with Gasteiger partial charge >= 0.3 is 0 Å². The van der Waals surface area contributed by atoms with Crippen LogP contribution in [0, 0.1) is 0 Å². The van der Waals surface area contributed by atoms with Crippen LogP contribution in [0.25, 0.3) is 11.0 Å². The molecule has 0 radical (unpaired) electrons. The lowest BCUT2D eigenvalue weighted by Gasteiger charge is -2.18. The molecular weight excluding hydrogens is 309 g/mol. The molecule has 1 aromatic heterocycles. The topological polar surface area (TPSA) is 46.9 Å². The average Bonchev–Trinajstić information content (AvgIpc) is 2.82. The van der Waals surface area contributed by atoms with E-state index >= 15 is 0 Å². The van der Waals surface area contributed by atoms with Crippen LogP contribution in [-0.4, -0.2) is 22.0 Å². The number of hydrogen-bond donors (Lipinski definition) is 1. The monoisotopic (exact) mass is 327 g/mol. The largest absolute Gasteiger partial charge is 0.354 e. The van der Waals surface area contributed by atoms with E-state index in [2.05, 4.69) is 10.3 Å². The second-order valence-corrected chi connectivity index (χ2v) is 6.15. The molecule has 6 heteroatoms. The Kier molecular flexibility index (Phi) is 5.12. The number of nitrogens with zero attached hydrogens (tertiary/aromatic N) is 2. The molecule has 1 aromatic carbocycles. The van der Waals surface area contributed by atoms with Crippen LogP contribution < -0.4 is 5.32 Å². The number of imidazole rings is 1. The van der Waals surface area contributed by atoms with Gasteiger partial charge in [0.15, 0.2) is 0 Å². The van der Waals surface area contributed by atoms with E-state index in [-0.39, 0.29) is 11.3 Å². The van der Waals surface area contributed by atoms with Crippen LogP contribution in [0.3, 0.4) is 0 Å². The molecule has 114 valence electrons. The predicted octanol–water partition coefficient (Wildman–Crippen LogP) is 4.08. The minimum absolute atomic E-state index is 0.0466. The maximum atomic E-state index is 12.3. The summed E-state index contributed by atoms with van der Waals surface area (Å²) in [6.07, 6.45) is 0.897. The molecule has 0 fully saturated rings. The van der Waals surface area contributed by atoms with Gasteiger partial charge < -0.3 is 9.88 Å². The van der Waals surface area contributed by atoms with E-state index in [4.69, 9.17) is 23.2 Å². The lowest BCUT2D eigenvalue weighted by Crippen LogP contribution is -2.32. The van der Waals surface area contributed by atoms with Crippen LogP contribution >= 0.6 is 23.2 Å². The number of carbonyl (C=O) groups excluding carboxylic acids is 1. The molecule has 2 aromatic rings. The molecule has 1 amide bonds. The number of amides is 1. The molecule has 2 rings (SSSR count). The number of benzene rings is 1. The van der Waals surface area contributed by atoms with Crippen molar-refractivity contribution in [3.05, 3.63) is 29.0 Å². The van der Waals surface area contributed by atoms with Crippen LogP contribution in [0.1, 0.15) is 44.4 Å². The van der Waals surface area contributed by atoms with Gasteiger partial charge in [-0.05, 0) is 38.5 Å². The number of aromatic nitrogens is 2. The molecule has 0 saturated heterocycles. The Morgan fingerprint density at radius 1 is 1.43 bits per heavy atom.